The average Bonchev–Trinajstić information content (AvgIpc) is 2.05. The fraction of sp³-hybridized carbons (Fsp3) is 0.375. The Kier molecular flexibility index (Phi) is 3.62. The highest BCUT2D eigenvalue weighted by molar-refractivity contribution is 9.10. The molecule has 0 aromatic carbocycles. The van der Waals surface area contributed by atoms with Crippen LogP contribution in [-0.4, -0.2) is 11.7 Å². The molecule has 0 unspecified atom stereocenters. The average molecular weight is 233 g/mol. The van der Waals surface area contributed by atoms with Gasteiger partial charge in [-0.05, 0) is 40.0 Å². The molecule has 0 aliphatic rings. The minimum absolute atomic E-state index is 0.228. The minimum Gasteiger partial charge on any atom is -0.324 e. The number of nitrogens with zero attached hydrogens (tertiary/aromatic N) is 1. The summed E-state index contributed by atoms with van der Waals surface area (Å²) < 4.78 is 12.7. The molecule has 1 heterocycles. The molecule has 0 spiro atoms. The maximum absolute atomic E-state index is 11.9. The van der Waals surface area contributed by atoms with Gasteiger partial charge < -0.3 is 5.73 Å². The SMILES string of the molecule is N[C@@H](CCF)c1ccnc(Br)c1. The van der Waals surface area contributed by atoms with Crippen LogP contribution in [0.3, 0.4) is 0 Å². The van der Waals surface area contributed by atoms with Crippen LogP contribution in [0.1, 0.15) is 18.0 Å². The monoisotopic (exact) mass is 232 g/mol. The smallest absolute Gasteiger partial charge is 0.106 e. The topological polar surface area (TPSA) is 38.9 Å². The number of hydrogen-bond donors (Lipinski definition) is 1. The first-order valence-corrected chi connectivity index (χ1v) is 4.46. The Labute approximate surface area is 79.1 Å². The van der Waals surface area contributed by atoms with Gasteiger partial charge in [-0.2, -0.15) is 0 Å². The molecule has 1 aromatic heterocycles. The van der Waals surface area contributed by atoms with E-state index in [9.17, 15) is 4.39 Å². The fourth-order valence-corrected chi connectivity index (χ4v) is 1.31. The van der Waals surface area contributed by atoms with Crippen molar-refractivity contribution in [2.24, 2.45) is 5.73 Å². The van der Waals surface area contributed by atoms with Crippen LogP contribution in [-0.2, 0) is 0 Å². The Bertz CT molecular complexity index is 255. The molecule has 0 radical (unpaired) electrons. The lowest BCUT2D eigenvalue weighted by Crippen LogP contribution is -2.10. The van der Waals surface area contributed by atoms with Crippen molar-refractivity contribution in [3.8, 4) is 0 Å². The first kappa shape index (κ1) is 9.61. The van der Waals surface area contributed by atoms with Crippen molar-refractivity contribution < 1.29 is 4.39 Å². The van der Waals surface area contributed by atoms with Gasteiger partial charge in [0.2, 0.25) is 0 Å². The molecule has 2 N–H and O–H groups in total. The van der Waals surface area contributed by atoms with Crippen LogP contribution >= 0.6 is 15.9 Å². The summed E-state index contributed by atoms with van der Waals surface area (Å²) in [5.41, 5.74) is 6.60. The van der Waals surface area contributed by atoms with Crippen LogP contribution in [0.2, 0.25) is 0 Å². The summed E-state index contributed by atoms with van der Waals surface area (Å²) in [6.07, 6.45) is 2.01. The molecule has 2 nitrogen and oxygen atoms in total. The van der Waals surface area contributed by atoms with E-state index in [4.69, 9.17) is 5.73 Å². The Morgan fingerprint density at radius 3 is 3.00 bits per heavy atom. The van der Waals surface area contributed by atoms with Gasteiger partial charge in [0.25, 0.3) is 0 Å². The van der Waals surface area contributed by atoms with Gasteiger partial charge in [0.1, 0.15) is 4.60 Å². The van der Waals surface area contributed by atoms with Gasteiger partial charge in [0.15, 0.2) is 0 Å². The van der Waals surface area contributed by atoms with Gasteiger partial charge in [-0.25, -0.2) is 4.98 Å². The van der Waals surface area contributed by atoms with E-state index in [1.54, 1.807) is 18.3 Å². The number of nitrogens with two attached hydrogens (primary N) is 1. The largest absolute Gasteiger partial charge is 0.324 e. The summed E-state index contributed by atoms with van der Waals surface area (Å²) in [7, 11) is 0. The van der Waals surface area contributed by atoms with Crippen molar-refractivity contribution in [3.05, 3.63) is 28.5 Å². The lowest BCUT2D eigenvalue weighted by atomic mass is 10.1. The van der Waals surface area contributed by atoms with Crippen molar-refractivity contribution in [1.82, 2.24) is 4.98 Å². The van der Waals surface area contributed by atoms with Crippen molar-refractivity contribution in [2.45, 2.75) is 12.5 Å². The van der Waals surface area contributed by atoms with E-state index in [1.807, 2.05) is 0 Å². The quantitative estimate of drug-likeness (QED) is 0.813. The van der Waals surface area contributed by atoms with E-state index in [2.05, 4.69) is 20.9 Å². The normalized spacial score (nSPS) is 12.9. The summed E-state index contributed by atoms with van der Waals surface area (Å²) in [4.78, 5) is 3.95. The van der Waals surface area contributed by atoms with Crippen molar-refractivity contribution in [3.63, 3.8) is 0 Å². The first-order chi connectivity index (χ1) is 5.74. The number of pyridine rings is 1. The van der Waals surface area contributed by atoms with E-state index in [0.29, 0.717) is 6.42 Å². The number of rotatable bonds is 3. The van der Waals surface area contributed by atoms with Gasteiger partial charge in [0.05, 0.1) is 6.67 Å². The third-order valence-corrected chi connectivity index (χ3v) is 2.03. The van der Waals surface area contributed by atoms with Crippen molar-refractivity contribution in [2.75, 3.05) is 6.67 Å². The van der Waals surface area contributed by atoms with Gasteiger partial charge in [-0.15, -0.1) is 0 Å². The summed E-state index contributed by atoms with van der Waals surface area (Å²) in [6, 6.07) is 3.38. The molecule has 0 bridgehead atoms. The molecule has 12 heavy (non-hydrogen) atoms. The van der Waals surface area contributed by atoms with Crippen LogP contribution in [0, 0.1) is 0 Å². The van der Waals surface area contributed by atoms with E-state index in [1.165, 1.54) is 0 Å². The molecule has 0 amide bonds. The van der Waals surface area contributed by atoms with Gasteiger partial charge in [-0.1, -0.05) is 0 Å². The zero-order valence-corrected chi connectivity index (χ0v) is 8.09. The maximum atomic E-state index is 11.9. The van der Waals surface area contributed by atoms with Gasteiger partial charge in [0, 0.05) is 12.2 Å². The Hall–Kier alpha value is -0.480. The number of aromatic nitrogens is 1. The van der Waals surface area contributed by atoms with Gasteiger partial charge in [-0.3, -0.25) is 4.39 Å². The molecular weight excluding hydrogens is 223 g/mol. The van der Waals surface area contributed by atoms with Crippen LogP contribution in [0.5, 0.6) is 0 Å². The highest BCUT2D eigenvalue weighted by atomic mass is 79.9. The lowest BCUT2D eigenvalue weighted by Gasteiger charge is -2.08. The molecule has 66 valence electrons. The third-order valence-electron chi connectivity index (χ3n) is 1.60. The third kappa shape index (κ3) is 2.53. The maximum Gasteiger partial charge on any atom is 0.106 e. The van der Waals surface area contributed by atoms with Crippen LogP contribution < -0.4 is 5.73 Å². The molecule has 0 fully saturated rings. The molecule has 0 aliphatic carbocycles. The summed E-state index contributed by atoms with van der Waals surface area (Å²) in [5.74, 6) is 0. The minimum atomic E-state index is -0.388. The Morgan fingerprint density at radius 2 is 2.42 bits per heavy atom. The second kappa shape index (κ2) is 4.52. The summed E-state index contributed by atoms with van der Waals surface area (Å²) >= 11 is 3.22. The lowest BCUT2D eigenvalue weighted by molar-refractivity contribution is 0.441. The molecular formula is C8H10BrFN2. The van der Waals surface area contributed by atoms with E-state index in [0.717, 1.165) is 10.2 Å². The molecule has 1 rings (SSSR count). The Morgan fingerprint density at radius 1 is 1.67 bits per heavy atom. The van der Waals surface area contributed by atoms with Gasteiger partial charge >= 0.3 is 0 Å². The molecule has 1 atom stereocenters. The molecule has 0 saturated carbocycles. The Balaban J connectivity index is 2.73. The van der Waals surface area contributed by atoms with E-state index in [-0.39, 0.29) is 12.7 Å². The second-order valence-electron chi connectivity index (χ2n) is 2.50. The second-order valence-corrected chi connectivity index (χ2v) is 3.31. The zero-order chi connectivity index (χ0) is 8.97. The number of halogens is 2. The first-order valence-electron chi connectivity index (χ1n) is 3.67. The fourth-order valence-electron chi connectivity index (χ4n) is 0.932. The molecule has 4 heteroatoms. The molecule has 1 aromatic rings. The predicted molar refractivity (Wildman–Crippen MR) is 49.5 cm³/mol. The van der Waals surface area contributed by atoms with Crippen LogP contribution in [0.25, 0.3) is 0 Å². The summed E-state index contributed by atoms with van der Waals surface area (Å²) in [6.45, 7) is -0.388. The van der Waals surface area contributed by atoms with Crippen LogP contribution in [0.4, 0.5) is 4.39 Å². The van der Waals surface area contributed by atoms with E-state index >= 15 is 0 Å². The van der Waals surface area contributed by atoms with Crippen LogP contribution in [0.15, 0.2) is 22.9 Å². The van der Waals surface area contributed by atoms with Crippen molar-refractivity contribution in [1.29, 1.82) is 0 Å². The van der Waals surface area contributed by atoms with E-state index < -0.39 is 0 Å². The zero-order valence-electron chi connectivity index (χ0n) is 6.50. The standard InChI is InChI=1S/C8H10BrFN2/c9-8-5-6(2-4-12-8)7(11)1-3-10/h2,4-5,7H,1,3,11H2/t7-/m0/s1. The number of alkyl halides is 1. The highest BCUT2D eigenvalue weighted by Gasteiger charge is 2.05. The number of hydrogen-bond acceptors (Lipinski definition) is 2. The predicted octanol–water partition coefficient (Wildman–Crippen LogP) is 2.20. The molecule has 0 aliphatic heterocycles. The molecule has 0 saturated heterocycles. The summed E-state index contributed by atoms with van der Waals surface area (Å²) in [5, 5.41) is 0. The van der Waals surface area contributed by atoms with Crippen molar-refractivity contribution >= 4 is 15.9 Å². The highest BCUT2D eigenvalue weighted by Crippen LogP contribution is 2.16.